The minimum absolute atomic E-state index is 0.0868. The van der Waals surface area contributed by atoms with Crippen LogP contribution < -0.4 is 9.47 Å². The van der Waals surface area contributed by atoms with Crippen molar-refractivity contribution in [1.29, 1.82) is 0 Å². The van der Waals surface area contributed by atoms with Crippen LogP contribution in [0.3, 0.4) is 0 Å². The Morgan fingerprint density at radius 1 is 1.11 bits per heavy atom. The molecule has 1 aromatic carbocycles. The monoisotopic (exact) mass is 255 g/mol. The fourth-order valence-corrected chi connectivity index (χ4v) is 2.54. The van der Waals surface area contributed by atoms with Gasteiger partial charge in [0.1, 0.15) is 11.5 Å². The highest BCUT2D eigenvalue weighted by molar-refractivity contribution is 5.47. The van der Waals surface area contributed by atoms with Crippen LogP contribution in [0.25, 0.3) is 0 Å². The van der Waals surface area contributed by atoms with Crippen molar-refractivity contribution in [1.82, 2.24) is 4.98 Å². The first-order valence-electron chi connectivity index (χ1n) is 6.41. The first kappa shape index (κ1) is 12.0. The third kappa shape index (κ3) is 2.05. The van der Waals surface area contributed by atoms with Crippen LogP contribution in [-0.2, 0) is 11.8 Å². The summed E-state index contributed by atoms with van der Waals surface area (Å²) in [7, 11) is 1.63. The van der Waals surface area contributed by atoms with E-state index in [1.54, 1.807) is 7.11 Å². The van der Waals surface area contributed by atoms with Crippen molar-refractivity contribution in [3.63, 3.8) is 0 Å². The Balaban J connectivity index is 2.17. The number of hydrogen-bond acceptors (Lipinski definition) is 3. The summed E-state index contributed by atoms with van der Waals surface area (Å²) in [6.07, 6.45) is 0.899. The molecule has 0 spiro atoms. The molecule has 19 heavy (non-hydrogen) atoms. The van der Waals surface area contributed by atoms with Gasteiger partial charge in [-0.1, -0.05) is 32.0 Å². The van der Waals surface area contributed by atoms with E-state index in [-0.39, 0.29) is 5.41 Å². The number of fused-ring (bicyclic) bond motifs is 2. The van der Waals surface area contributed by atoms with E-state index in [9.17, 15) is 0 Å². The number of aromatic nitrogens is 1. The summed E-state index contributed by atoms with van der Waals surface area (Å²) >= 11 is 0. The van der Waals surface area contributed by atoms with Gasteiger partial charge in [0.25, 0.3) is 0 Å². The maximum atomic E-state index is 6.02. The van der Waals surface area contributed by atoms with Gasteiger partial charge in [0.05, 0.1) is 12.8 Å². The molecule has 0 fully saturated rings. The predicted octanol–water partition coefficient (Wildman–Crippen LogP) is 3.72. The molecule has 0 N–H and O–H groups in total. The minimum Gasteiger partial charge on any atom is -0.481 e. The zero-order valence-electron chi connectivity index (χ0n) is 11.4. The molecule has 1 aromatic heterocycles. The number of ether oxygens (including phenoxy) is 2. The van der Waals surface area contributed by atoms with Crippen LogP contribution in [-0.4, -0.2) is 12.1 Å². The second-order valence-corrected chi connectivity index (χ2v) is 5.47. The fourth-order valence-electron chi connectivity index (χ4n) is 2.54. The molecule has 0 aliphatic carbocycles. The molecule has 2 aromatic rings. The summed E-state index contributed by atoms with van der Waals surface area (Å²) in [5.41, 5.74) is 2.07. The van der Waals surface area contributed by atoms with E-state index in [4.69, 9.17) is 9.47 Å². The number of benzene rings is 1. The highest BCUT2D eigenvalue weighted by Gasteiger charge is 2.31. The Morgan fingerprint density at radius 2 is 1.89 bits per heavy atom. The van der Waals surface area contributed by atoms with Gasteiger partial charge in [-0.15, -0.1) is 0 Å². The molecule has 3 heteroatoms. The number of hydrogen-bond donors (Lipinski definition) is 0. The third-order valence-corrected chi connectivity index (χ3v) is 3.51. The van der Waals surface area contributed by atoms with Gasteiger partial charge in [0, 0.05) is 11.5 Å². The largest absolute Gasteiger partial charge is 0.481 e. The zero-order chi connectivity index (χ0) is 13.5. The average molecular weight is 255 g/mol. The van der Waals surface area contributed by atoms with E-state index in [1.807, 2.05) is 30.3 Å². The SMILES string of the molecule is COc1ccc2c(n1)C(C)(C)Cc1ccccc1O2. The van der Waals surface area contributed by atoms with Crippen LogP contribution in [0.4, 0.5) is 0 Å². The number of para-hydroxylation sites is 1. The van der Waals surface area contributed by atoms with E-state index >= 15 is 0 Å². The van der Waals surface area contributed by atoms with Gasteiger partial charge in [0.2, 0.25) is 5.88 Å². The van der Waals surface area contributed by atoms with Crippen LogP contribution in [0.2, 0.25) is 0 Å². The quantitative estimate of drug-likeness (QED) is 0.778. The first-order valence-corrected chi connectivity index (χ1v) is 6.41. The Bertz CT molecular complexity index is 620. The van der Waals surface area contributed by atoms with E-state index in [0.29, 0.717) is 5.88 Å². The van der Waals surface area contributed by atoms with Crippen LogP contribution in [0, 0.1) is 0 Å². The molecule has 0 unspecified atom stereocenters. The molecule has 1 aliphatic heterocycles. The maximum absolute atomic E-state index is 6.02. The van der Waals surface area contributed by atoms with Crippen molar-refractivity contribution < 1.29 is 9.47 Å². The summed E-state index contributed by atoms with van der Waals surface area (Å²) in [5, 5.41) is 0. The van der Waals surface area contributed by atoms with Gasteiger partial charge in [-0.25, -0.2) is 4.98 Å². The Morgan fingerprint density at radius 3 is 2.68 bits per heavy atom. The highest BCUT2D eigenvalue weighted by atomic mass is 16.5. The number of nitrogens with zero attached hydrogens (tertiary/aromatic N) is 1. The van der Waals surface area contributed by atoms with Crippen molar-refractivity contribution in [2.24, 2.45) is 0 Å². The maximum Gasteiger partial charge on any atom is 0.213 e. The molecule has 2 heterocycles. The molecular formula is C16H17NO2. The van der Waals surface area contributed by atoms with E-state index in [1.165, 1.54) is 5.56 Å². The number of rotatable bonds is 1. The topological polar surface area (TPSA) is 31.4 Å². The molecule has 3 rings (SSSR count). The smallest absolute Gasteiger partial charge is 0.213 e. The van der Waals surface area contributed by atoms with Crippen LogP contribution in [0.15, 0.2) is 36.4 Å². The van der Waals surface area contributed by atoms with Crippen molar-refractivity contribution in [3.05, 3.63) is 47.7 Å². The lowest BCUT2D eigenvalue weighted by Crippen LogP contribution is -2.21. The van der Waals surface area contributed by atoms with Gasteiger partial charge in [-0.05, 0) is 24.1 Å². The molecule has 0 bridgehead atoms. The second kappa shape index (κ2) is 4.26. The summed E-state index contributed by atoms with van der Waals surface area (Å²) in [6, 6.07) is 11.9. The Kier molecular flexibility index (Phi) is 2.70. The number of methoxy groups -OCH3 is 1. The molecule has 0 radical (unpaired) electrons. The summed E-state index contributed by atoms with van der Waals surface area (Å²) < 4.78 is 11.2. The summed E-state index contributed by atoms with van der Waals surface area (Å²) in [4.78, 5) is 4.58. The molecule has 3 nitrogen and oxygen atoms in total. The molecule has 98 valence electrons. The minimum atomic E-state index is -0.0868. The van der Waals surface area contributed by atoms with E-state index in [2.05, 4.69) is 24.9 Å². The van der Waals surface area contributed by atoms with Crippen LogP contribution in [0.1, 0.15) is 25.1 Å². The zero-order valence-corrected chi connectivity index (χ0v) is 11.4. The number of pyridine rings is 1. The van der Waals surface area contributed by atoms with Crippen molar-refractivity contribution in [2.45, 2.75) is 25.7 Å². The van der Waals surface area contributed by atoms with Gasteiger partial charge in [-0.2, -0.15) is 0 Å². The lowest BCUT2D eigenvalue weighted by atomic mass is 9.82. The molecule has 0 amide bonds. The average Bonchev–Trinajstić information content (AvgIpc) is 2.51. The van der Waals surface area contributed by atoms with Crippen LogP contribution in [0.5, 0.6) is 17.4 Å². The lowest BCUT2D eigenvalue weighted by molar-refractivity contribution is 0.384. The fraction of sp³-hybridized carbons (Fsp3) is 0.312. The standard InChI is InChI=1S/C16H17NO2/c1-16(2)10-11-6-4-5-7-12(11)19-13-8-9-14(18-3)17-15(13)16/h4-9H,10H2,1-3H3. The molecular weight excluding hydrogens is 238 g/mol. The second-order valence-electron chi connectivity index (χ2n) is 5.47. The van der Waals surface area contributed by atoms with Gasteiger partial charge in [0.15, 0.2) is 0 Å². The normalized spacial score (nSPS) is 15.7. The molecule has 0 atom stereocenters. The Labute approximate surface area is 113 Å². The predicted molar refractivity (Wildman–Crippen MR) is 74.0 cm³/mol. The first-order chi connectivity index (χ1) is 9.10. The van der Waals surface area contributed by atoms with E-state index < -0.39 is 0 Å². The highest BCUT2D eigenvalue weighted by Crippen LogP contribution is 2.42. The third-order valence-electron chi connectivity index (χ3n) is 3.51. The van der Waals surface area contributed by atoms with E-state index in [0.717, 1.165) is 23.6 Å². The lowest BCUT2D eigenvalue weighted by Gasteiger charge is -2.23. The van der Waals surface area contributed by atoms with Gasteiger partial charge >= 0.3 is 0 Å². The van der Waals surface area contributed by atoms with Crippen molar-refractivity contribution >= 4 is 0 Å². The molecule has 0 saturated carbocycles. The van der Waals surface area contributed by atoms with Crippen molar-refractivity contribution in [3.8, 4) is 17.4 Å². The summed E-state index contributed by atoms with van der Waals surface area (Å²) in [6.45, 7) is 4.37. The van der Waals surface area contributed by atoms with Gasteiger partial charge in [-0.3, -0.25) is 0 Å². The van der Waals surface area contributed by atoms with Crippen LogP contribution >= 0.6 is 0 Å². The van der Waals surface area contributed by atoms with Gasteiger partial charge < -0.3 is 9.47 Å². The summed E-state index contributed by atoms with van der Waals surface area (Å²) in [5.74, 6) is 2.36. The molecule has 1 aliphatic rings. The molecule has 0 saturated heterocycles. The Hall–Kier alpha value is -2.03. The van der Waals surface area contributed by atoms with Crippen molar-refractivity contribution in [2.75, 3.05) is 7.11 Å².